The molecule has 2 aromatic rings. The summed E-state index contributed by atoms with van der Waals surface area (Å²) in [5.41, 5.74) is -0.203. The van der Waals surface area contributed by atoms with Crippen molar-refractivity contribution in [2.75, 3.05) is 13.7 Å². The highest BCUT2D eigenvalue weighted by molar-refractivity contribution is 6.99. The van der Waals surface area contributed by atoms with Crippen molar-refractivity contribution in [2.45, 2.75) is 96.7 Å². The van der Waals surface area contributed by atoms with Gasteiger partial charge < -0.3 is 18.6 Å². The Morgan fingerprint density at radius 3 is 2.12 bits per heavy atom. The zero-order chi connectivity index (χ0) is 30.3. The summed E-state index contributed by atoms with van der Waals surface area (Å²) >= 11 is 0. The van der Waals surface area contributed by atoms with Crippen LogP contribution in [0, 0.1) is 5.92 Å². The lowest BCUT2D eigenvalue weighted by molar-refractivity contribution is -0.179. The van der Waals surface area contributed by atoms with Crippen LogP contribution in [-0.2, 0) is 23.4 Å². The van der Waals surface area contributed by atoms with E-state index in [0.717, 1.165) is 24.8 Å². The van der Waals surface area contributed by atoms with E-state index < -0.39 is 31.8 Å². The van der Waals surface area contributed by atoms with Gasteiger partial charge in [0.25, 0.3) is 8.32 Å². The molecule has 1 fully saturated rings. The minimum atomic E-state index is -2.55. The van der Waals surface area contributed by atoms with Gasteiger partial charge in [-0.15, -0.1) is 0 Å². The maximum atomic E-state index is 13.0. The van der Waals surface area contributed by atoms with Crippen molar-refractivity contribution in [3.05, 3.63) is 85.0 Å². The molecular weight excluding hydrogens is 528 g/mol. The van der Waals surface area contributed by atoms with Gasteiger partial charge in [-0.05, 0) is 60.5 Å². The van der Waals surface area contributed by atoms with E-state index in [-0.39, 0.29) is 11.0 Å². The van der Waals surface area contributed by atoms with Gasteiger partial charge in [-0.25, -0.2) is 4.79 Å². The first kappa shape index (κ1) is 33.0. The minimum absolute atomic E-state index is 0.0546. The zero-order valence-corrected chi connectivity index (χ0v) is 27.4. The molecule has 0 bridgehead atoms. The van der Waals surface area contributed by atoms with Crippen molar-refractivity contribution in [2.24, 2.45) is 5.92 Å². The van der Waals surface area contributed by atoms with E-state index in [1.807, 2.05) is 26.0 Å². The molecule has 3 rings (SSSR count). The van der Waals surface area contributed by atoms with Crippen molar-refractivity contribution >= 4 is 24.7 Å². The van der Waals surface area contributed by atoms with Gasteiger partial charge in [0, 0.05) is 6.61 Å². The summed E-state index contributed by atoms with van der Waals surface area (Å²) in [5, 5.41) is 2.51. The van der Waals surface area contributed by atoms with E-state index in [2.05, 4.69) is 102 Å². The van der Waals surface area contributed by atoms with Crippen molar-refractivity contribution in [1.82, 2.24) is 0 Å². The molecule has 1 saturated heterocycles. The van der Waals surface area contributed by atoms with Gasteiger partial charge in [-0.2, -0.15) is 0 Å². The average molecular weight is 579 g/mol. The molecule has 1 heterocycles. The van der Waals surface area contributed by atoms with Crippen LogP contribution < -0.4 is 10.4 Å². The van der Waals surface area contributed by atoms with Crippen LogP contribution in [0.25, 0.3) is 0 Å². The fraction of sp³-hybridized carbons (Fsp3) is 0.514. The van der Waals surface area contributed by atoms with Crippen LogP contribution in [0.5, 0.6) is 0 Å². The Morgan fingerprint density at radius 2 is 1.63 bits per heavy atom. The third-order valence-electron chi connectivity index (χ3n) is 8.10. The second-order valence-corrected chi connectivity index (χ2v) is 17.0. The summed E-state index contributed by atoms with van der Waals surface area (Å²) in [4.78, 5) is 13.0. The second kappa shape index (κ2) is 13.6. The number of allylic oxidation sites excluding steroid dienone is 2. The molecule has 3 atom stereocenters. The Hall–Kier alpha value is -2.51. The molecule has 41 heavy (non-hydrogen) atoms. The molecule has 1 aliphatic heterocycles. The van der Waals surface area contributed by atoms with Gasteiger partial charge >= 0.3 is 5.97 Å². The number of hydrogen-bond acceptors (Lipinski definition) is 5. The van der Waals surface area contributed by atoms with Crippen LogP contribution in [0.3, 0.4) is 0 Å². The largest absolute Gasteiger partial charge is 0.467 e. The molecule has 5 nitrogen and oxygen atoms in total. The lowest BCUT2D eigenvalue weighted by atomic mass is 9.85. The van der Waals surface area contributed by atoms with Gasteiger partial charge in [0.1, 0.15) is 6.10 Å². The second-order valence-electron chi connectivity index (χ2n) is 12.7. The average Bonchev–Trinajstić information content (AvgIpc) is 3.23. The number of rotatable bonds is 13. The predicted octanol–water partition coefficient (Wildman–Crippen LogP) is 6.96. The molecule has 0 unspecified atom stereocenters. The van der Waals surface area contributed by atoms with Crippen LogP contribution in [0.4, 0.5) is 0 Å². The molecule has 0 spiro atoms. The molecular formula is C35H50O5Si. The Kier molecular flexibility index (Phi) is 11.0. The normalized spacial score (nSPS) is 21.6. The van der Waals surface area contributed by atoms with Crippen molar-refractivity contribution in [3.63, 3.8) is 0 Å². The Bertz CT molecular complexity index is 1130. The maximum absolute atomic E-state index is 13.0. The molecule has 0 aliphatic carbocycles. The molecule has 2 aromatic carbocycles. The van der Waals surface area contributed by atoms with E-state index >= 15 is 0 Å². The quantitative estimate of drug-likeness (QED) is 0.111. The lowest BCUT2D eigenvalue weighted by Crippen LogP contribution is -2.66. The Balaban J connectivity index is 1.71. The summed E-state index contributed by atoms with van der Waals surface area (Å²) in [7, 11) is -1.16. The number of carbonyl (C=O) groups is 1. The highest BCUT2D eigenvalue weighted by Gasteiger charge is 2.59. The van der Waals surface area contributed by atoms with Crippen LogP contribution >= 0.6 is 0 Å². The van der Waals surface area contributed by atoms with Gasteiger partial charge in [-0.1, -0.05) is 120 Å². The summed E-state index contributed by atoms with van der Waals surface area (Å²) in [6.07, 6.45) is 6.55. The molecule has 0 saturated carbocycles. The number of benzene rings is 2. The fourth-order valence-corrected chi connectivity index (χ4v) is 10.6. The van der Waals surface area contributed by atoms with Crippen LogP contribution in [0.1, 0.15) is 74.1 Å². The van der Waals surface area contributed by atoms with Crippen molar-refractivity contribution in [3.8, 4) is 0 Å². The van der Waals surface area contributed by atoms with Gasteiger partial charge in [0.05, 0.1) is 7.11 Å². The number of hydrogen-bond donors (Lipinski definition) is 0. The van der Waals surface area contributed by atoms with E-state index in [0.29, 0.717) is 13.0 Å². The molecule has 0 N–H and O–H groups in total. The number of ether oxygens (including phenoxy) is 3. The number of esters is 1. The van der Waals surface area contributed by atoms with Crippen LogP contribution in [0.2, 0.25) is 5.04 Å². The predicted molar refractivity (Wildman–Crippen MR) is 170 cm³/mol. The molecule has 0 aromatic heterocycles. The first-order valence-electron chi connectivity index (χ1n) is 14.9. The third-order valence-corrected chi connectivity index (χ3v) is 13.1. The summed E-state index contributed by atoms with van der Waals surface area (Å²) in [5.74, 6) is -1.21. The molecule has 1 aliphatic rings. The minimum Gasteiger partial charge on any atom is -0.467 e. The third kappa shape index (κ3) is 7.29. The Morgan fingerprint density at radius 1 is 1.07 bits per heavy atom. The Labute approximate surface area is 249 Å². The fourth-order valence-electron chi connectivity index (χ4n) is 5.96. The van der Waals surface area contributed by atoms with Crippen LogP contribution in [0.15, 0.2) is 85.0 Å². The van der Waals surface area contributed by atoms with Crippen molar-refractivity contribution in [1.29, 1.82) is 0 Å². The van der Waals surface area contributed by atoms with Gasteiger partial charge in [0.2, 0.25) is 5.60 Å². The van der Waals surface area contributed by atoms with Crippen molar-refractivity contribution < 1.29 is 23.4 Å². The lowest BCUT2D eigenvalue weighted by Gasteiger charge is -2.43. The van der Waals surface area contributed by atoms with E-state index in [4.69, 9.17) is 18.6 Å². The monoisotopic (exact) mass is 578 g/mol. The standard InChI is InChI=1S/C35H50O5Si/c1-10-28(3)31-35(32(36)37-9,40-34(7,8)39-31)25-17-19-27(2)20-18-26-38-41(33(4,5)6,29-21-13-11-14-22-29)30-23-15-12-16-24-30/h11-17,21-25,28,31H,2,10,18-20,26H2,1,3-9H3/b25-17+/t28-,31+,35-/m0/s1. The first-order valence-corrected chi connectivity index (χ1v) is 16.8. The topological polar surface area (TPSA) is 54.0 Å². The molecule has 6 heteroatoms. The summed E-state index contributed by atoms with van der Waals surface area (Å²) < 4.78 is 24.6. The highest BCUT2D eigenvalue weighted by Crippen LogP contribution is 2.43. The van der Waals surface area contributed by atoms with E-state index in [1.54, 1.807) is 0 Å². The van der Waals surface area contributed by atoms with Crippen LogP contribution in [-0.4, -0.2) is 45.5 Å². The summed E-state index contributed by atoms with van der Waals surface area (Å²) in [6, 6.07) is 21.4. The number of carbonyl (C=O) groups excluding carboxylic acids is 1. The molecule has 0 amide bonds. The molecule has 224 valence electrons. The van der Waals surface area contributed by atoms with Gasteiger partial charge in [0.15, 0.2) is 5.79 Å². The SMILES string of the molecule is C=C(C/C=C/[C@]1(C(=O)OC)OC(C)(C)O[C@@H]1[C@@H](C)CC)CCCO[Si](c1ccccc1)(c1ccccc1)C(C)(C)C. The first-order chi connectivity index (χ1) is 19.3. The zero-order valence-electron chi connectivity index (χ0n) is 26.4. The van der Waals surface area contributed by atoms with E-state index in [1.165, 1.54) is 17.5 Å². The molecule has 0 radical (unpaired) electrons. The smallest absolute Gasteiger partial charge is 0.345 e. The van der Waals surface area contributed by atoms with E-state index in [9.17, 15) is 4.79 Å². The van der Waals surface area contributed by atoms with Gasteiger partial charge in [-0.3, -0.25) is 0 Å². The highest BCUT2D eigenvalue weighted by atomic mass is 28.4. The number of methoxy groups -OCH3 is 1. The summed E-state index contributed by atoms with van der Waals surface area (Å²) in [6.45, 7) is 19.7. The maximum Gasteiger partial charge on any atom is 0.345 e.